The van der Waals surface area contributed by atoms with E-state index in [1.807, 2.05) is 0 Å². The summed E-state index contributed by atoms with van der Waals surface area (Å²) in [5.41, 5.74) is 4.84. The molecule has 0 radical (unpaired) electrons. The number of carbonyl (C=O) groups is 3. The Morgan fingerprint density at radius 1 is 1.02 bits per heavy atom. The second-order valence-electron chi connectivity index (χ2n) is 11.3. The molecule has 1 heterocycles. The largest absolute Gasteiger partial charge is 0.489 e. The Morgan fingerprint density at radius 2 is 1.77 bits per heavy atom. The number of hydrogen-bond donors (Lipinski definition) is 4. The third-order valence-corrected chi connectivity index (χ3v) is 7.47. The molecule has 47 heavy (non-hydrogen) atoms. The molecule has 5 N–H and O–H groups in total. The van der Waals surface area contributed by atoms with E-state index < -0.39 is 54.1 Å². The molecule has 2 aromatic carbocycles. The third-order valence-electron chi connectivity index (χ3n) is 7.47. The third kappa shape index (κ3) is 9.26. The second-order valence-corrected chi connectivity index (χ2v) is 11.3. The number of hydrogen-bond acceptors (Lipinski definition) is 8. The van der Waals surface area contributed by atoms with Gasteiger partial charge in [0.15, 0.2) is 29.1 Å². The van der Waals surface area contributed by atoms with Gasteiger partial charge in [0.2, 0.25) is 5.89 Å². The highest BCUT2D eigenvalue weighted by atomic mass is 19.3. The molecular formula is C31H33F4N5O7. The van der Waals surface area contributed by atoms with Crippen molar-refractivity contribution in [2.24, 2.45) is 17.6 Å². The van der Waals surface area contributed by atoms with Gasteiger partial charge in [0, 0.05) is 30.3 Å². The summed E-state index contributed by atoms with van der Waals surface area (Å²) < 4.78 is 75.8. The first-order valence-corrected chi connectivity index (χ1v) is 14.9. The number of alkyl halides is 2. The summed E-state index contributed by atoms with van der Waals surface area (Å²) in [4.78, 5) is 41.9. The van der Waals surface area contributed by atoms with Crippen LogP contribution in [0.1, 0.15) is 66.6 Å². The van der Waals surface area contributed by atoms with Crippen molar-refractivity contribution in [1.29, 1.82) is 0 Å². The Labute approximate surface area is 266 Å². The zero-order valence-electron chi connectivity index (χ0n) is 25.2. The SMILES string of the molecule is CC(OC(N)=O)c1oc(-c2ccc(OC(F)F)c(OCC3CC3)c2)nc1C(=O)NC(CNC(=O)NCC1CC1)c1ccc(F)cc1F. The van der Waals surface area contributed by atoms with Gasteiger partial charge in [0.1, 0.15) is 11.6 Å². The minimum atomic E-state index is -3.11. The van der Waals surface area contributed by atoms with Gasteiger partial charge in [-0.3, -0.25) is 4.79 Å². The van der Waals surface area contributed by atoms with E-state index in [0.717, 1.165) is 37.8 Å². The van der Waals surface area contributed by atoms with Crippen molar-refractivity contribution in [3.63, 3.8) is 0 Å². The number of amides is 4. The smallest absolute Gasteiger partial charge is 0.405 e. The number of rotatable bonds is 15. The first-order chi connectivity index (χ1) is 22.5. The van der Waals surface area contributed by atoms with Gasteiger partial charge in [0.05, 0.1) is 12.6 Å². The van der Waals surface area contributed by atoms with Gasteiger partial charge in [-0.15, -0.1) is 0 Å². The van der Waals surface area contributed by atoms with Crippen LogP contribution in [-0.2, 0) is 4.74 Å². The van der Waals surface area contributed by atoms with Crippen LogP contribution in [0, 0.1) is 23.5 Å². The van der Waals surface area contributed by atoms with Crippen LogP contribution >= 0.6 is 0 Å². The van der Waals surface area contributed by atoms with E-state index in [-0.39, 0.29) is 53.3 Å². The van der Waals surface area contributed by atoms with E-state index >= 15 is 0 Å². The Bertz CT molecular complexity index is 1610. The molecule has 252 valence electrons. The highest BCUT2D eigenvalue weighted by molar-refractivity contribution is 5.94. The normalized spacial score (nSPS) is 15.4. The van der Waals surface area contributed by atoms with Crippen molar-refractivity contribution in [2.45, 2.75) is 51.4 Å². The minimum absolute atomic E-state index is 0.0141. The molecule has 2 atom stereocenters. The molecule has 2 saturated carbocycles. The predicted octanol–water partition coefficient (Wildman–Crippen LogP) is 5.35. The molecule has 0 saturated heterocycles. The Morgan fingerprint density at radius 3 is 2.43 bits per heavy atom. The molecule has 4 amide bonds. The molecule has 2 fully saturated rings. The highest BCUT2D eigenvalue weighted by Crippen LogP contribution is 2.37. The molecule has 12 nitrogen and oxygen atoms in total. The Balaban J connectivity index is 1.44. The van der Waals surface area contributed by atoms with E-state index in [1.165, 1.54) is 25.1 Å². The fourth-order valence-electron chi connectivity index (χ4n) is 4.63. The maximum atomic E-state index is 14.9. The number of primary amides is 1. The second kappa shape index (κ2) is 14.6. The van der Waals surface area contributed by atoms with E-state index in [0.29, 0.717) is 18.5 Å². The zero-order chi connectivity index (χ0) is 33.7. The van der Waals surface area contributed by atoms with Crippen LogP contribution < -0.4 is 31.2 Å². The molecule has 2 unspecified atom stereocenters. The van der Waals surface area contributed by atoms with Gasteiger partial charge in [-0.1, -0.05) is 6.07 Å². The van der Waals surface area contributed by atoms with Crippen LogP contribution in [0.25, 0.3) is 11.5 Å². The minimum Gasteiger partial charge on any atom is -0.489 e. The van der Waals surface area contributed by atoms with Crippen LogP contribution in [0.4, 0.5) is 27.2 Å². The monoisotopic (exact) mass is 663 g/mol. The van der Waals surface area contributed by atoms with Crippen molar-refractivity contribution in [1.82, 2.24) is 20.9 Å². The van der Waals surface area contributed by atoms with Crippen molar-refractivity contribution < 1.29 is 50.6 Å². The molecule has 1 aromatic heterocycles. The fraction of sp³-hybridized carbons (Fsp3) is 0.419. The molecular weight excluding hydrogens is 630 g/mol. The number of halogens is 4. The van der Waals surface area contributed by atoms with Gasteiger partial charge in [-0.2, -0.15) is 8.78 Å². The average Bonchev–Trinajstić information content (AvgIpc) is 3.95. The number of ether oxygens (including phenoxy) is 3. The Kier molecular flexibility index (Phi) is 10.4. The van der Waals surface area contributed by atoms with Gasteiger partial charge in [0.25, 0.3) is 5.91 Å². The molecule has 2 aliphatic rings. The lowest BCUT2D eigenvalue weighted by Crippen LogP contribution is -2.43. The van der Waals surface area contributed by atoms with Crippen LogP contribution in [0.3, 0.4) is 0 Å². The fourth-order valence-corrected chi connectivity index (χ4v) is 4.63. The maximum Gasteiger partial charge on any atom is 0.405 e. The summed E-state index contributed by atoms with van der Waals surface area (Å²) in [5, 5.41) is 7.84. The molecule has 3 aromatic rings. The van der Waals surface area contributed by atoms with Gasteiger partial charge < -0.3 is 40.3 Å². The summed E-state index contributed by atoms with van der Waals surface area (Å²) in [6.07, 6.45) is 1.46. The summed E-state index contributed by atoms with van der Waals surface area (Å²) in [6.45, 7) is -1.33. The topological polar surface area (TPSA) is 167 Å². The number of aromatic nitrogens is 1. The predicted molar refractivity (Wildman–Crippen MR) is 157 cm³/mol. The lowest BCUT2D eigenvalue weighted by atomic mass is 10.1. The summed E-state index contributed by atoms with van der Waals surface area (Å²) in [6, 6.07) is 4.90. The number of nitrogens with zero attached hydrogens (tertiary/aromatic N) is 1. The number of urea groups is 1. The van der Waals surface area contributed by atoms with Gasteiger partial charge in [-0.25, -0.2) is 23.4 Å². The van der Waals surface area contributed by atoms with E-state index in [9.17, 15) is 31.9 Å². The molecule has 0 bridgehead atoms. The first kappa shape index (κ1) is 33.3. The summed E-state index contributed by atoms with van der Waals surface area (Å²) in [7, 11) is 0. The summed E-state index contributed by atoms with van der Waals surface area (Å²) in [5.74, 6) is -2.77. The van der Waals surface area contributed by atoms with Crippen LogP contribution in [0.15, 0.2) is 40.8 Å². The number of oxazole rings is 1. The zero-order valence-corrected chi connectivity index (χ0v) is 25.2. The molecule has 16 heteroatoms. The van der Waals surface area contributed by atoms with Crippen molar-refractivity contribution in [3.05, 3.63) is 65.1 Å². The summed E-state index contributed by atoms with van der Waals surface area (Å²) >= 11 is 0. The van der Waals surface area contributed by atoms with E-state index in [2.05, 4.69) is 25.7 Å². The molecule has 2 aliphatic carbocycles. The van der Waals surface area contributed by atoms with E-state index in [4.69, 9.17) is 19.6 Å². The number of benzene rings is 2. The van der Waals surface area contributed by atoms with E-state index in [1.54, 1.807) is 0 Å². The molecule has 5 rings (SSSR count). The molecule has 0 aliphatic heterocycles. The number of nitrogens with two attached hydrogens (primary N) is 1. The van der Waals surface area contributed by atoms with Crippen molar-refractivity contribution in [3.8, 4) is 23.0 Å². The lowest BCUT2D eigenvalue weighted by Gasteiger charge is -2.21. The number of nitrogens with one attached hydrogen (secondary N) is 3. The van der Waals surface area contributed by atoms with Crippen LogP contribution in [0.2, 0.25) is 0 Å². The van der Waals surface area contributed by atoms with Crippen molar-refractivity contribution in [2.75, 3.05) is 19.7 Å². The van der Waals surface area contributed by atoms with Crippen LogP contribution in [0.5, 0.6) is 11.5 Å². The van der Waals surface area contributed by atoms with Gasteiger partial charge in [-0.05, 0) is 68.7 Å². The number of carbonyl (C=O) groups excluding carboxylic acids is 3. The first-order valence-electron chi connectivity index (χ1n) is 14.9. The quantitative estimate of drug-likeness (QED) is 0.158. The molecule has 0 spiro atoms. The standard InChI is InChI=1S/C31H33F4N5O7/c1-15(45-30(36)42)26-25(40-28(47-26)18-6-9-23(46-29(34)35)24(10-18)44-14-17-4-5-17)27(41)39-22(20-8-7-19(32)11-21(20)33)13-38-31(43)37-12-16-2-3-16/h6-11,15-17,22,29H,2-5,12-14H2,1H3,(H2,36,42)(H,39,41)(H2,37,38,43). The lowest BCUT2D eigenvalue weighted by molar-refractivity contribution is -0.0515. The maximum absolute atomic E-state index is 14.9. The Hall–Kier alpha value is -5.02. The average molecular weight is 664 g/mol. The van der Waals surface area contributed by atoms with Crippen LogP contribution in [-0.4, -0.2) is 49.3 Å². The highest BCUT2D eigenvalue weighted by Gasteiger charge is 2.31. The van der Waals surface area contributed by atoms with Crippen molar-refractivity contribution >= 4 is 18.0 Å². The van der Waals surface area contributed by atoms with Gasteiger partial charge >= 0.3 is 18.7 Å².